The maximum Gasteiger partial charge on any atom is 0.471 e. The molecule has 2 N–H and O–H groups in total. The van der Waals surface area contributed by atoms with Crippen molar-refractivity contribution >= 4 is 5.91 Å². The minimum Gasteiger partial charge on any atom is -0.394 e. The van der Waals surface area contributed by atoms with Crippen LogP contribution < -0.4 is 5.32 Å². The predicted octanol–water partition coefficient (Wildman–Crippen LogP) is -0.328. The standard InChI is InChI=1S/C6H10F3NO3/c1-13-3-4(2-11)10-5(12)6(7,8)9/h4,11H,2-3H2,1H3,(H,10,12). The number of methoxy groups -OCH3 is 1. The number of nitrogens with one attached hydrogen (secondary N) is 1. The molecule has 0 heterocycles. The summed E-state index contributed by atoms with van der Waals surface area (Å²) in [7, 11) is 1.25. The molecule has 7 heteroatoms. The number of halogens is 3. The fourth-order valence-corrected chi connectivity index (χ4v) is 0.608. The van der Waals surface area contributed by atoms with Gasteiger partial charge >= 0.3 is 12.1 Å². The van der Waals surface area contributed by atoms with Crippen LogP contribution >= 0.6 is 0 Å². The number of carbonyl (C=O) groups excluding carboxylic acids is 1. The second-order valence-electron chi connectivity index (χ2n) is 2.31. The van der Waals surface area contributed by atoms with E-state index in [1.54, 1.807) is 5.32 Å². The molecule has 0 bridgehead atoms. The first-order chi connectivity index (χ1) is 5.91. The Morgan fingerprint density at radius 1 is 1.62 bits per heavy atom. The van der Waals surface area contributed by atoms with Gasteiger partial charge in [-0.3, -0.25) is 4.79 Å². The topological polar surface area (TPSA) is 58.6 Å². The van der Waals surface area contributed by atoms with Gasteiger partial charge in [0.05, 0.1) is 19.3 Å². The average molecular weight is 201 g/mol. The molecule has 0 rings (SSSR count). The highest BCUT2D eigenvalue weighted by Gasteiger charge is 2.39. The van der Waals surface area contributed by atoms with Crippen molar-refractivity contribution in [2.45, 2.75) is 12.2 Å². The summed E-state index contributed by atoms with van der Waals surface area (Å²) in [6.45, 7) is -0.770. The Hall–Kier alpha value is -0.820. The molecule has 78 valence electrons. The molecule has 0 aromatic heterocycles. The van der Waals surface area contributed by atoms with Crippen molar-refractivity contribution in [2.75, 3.05) is 20.3 Å². The monoisotopic (exact) mass is 201 g/mol. The second-order valence-corrected chi connectivity index (χ2v) is 2.31. The molecule has 4 nitrogen and oxygen atoms in total. The van der Waals surface area contributed by atoms with Crippen molar-refractivity contribution in [3.63, 3.8) is 0 Å². The van der Waals surface area contributed by atoms with Crippen LogP contribution in [0, 0.1) is 0 Å². The molecule has 0 aliphatic carbocycles. The zero-order valence-corrected chi connectivity index (χ0v) is 6.89. The first-order valence-corrected chi connectivity index (χ1v) is 3.39. The Morgan fingerprint density at radius 3 is 2.46 bits per heavy atom. The van der Waals surface area contributed by atoms with Crippen molar-refractivity contribution in [1.29, 1.82) is 0 Å². The summed E-state index contributed by atoms with van der Waals surface area (Å²) >= 11 is 0. The molecule has 0 aromatic rings. The molecular weight excluding hydrogens is 191 g/mol. The molecule has 0 saturated carbocycles. The molecule has 0 fully saturated rings. The third kappa shape index (κ3) is 4.69. The number of amides is 1. The molecule has 0 saturated heterocycles. The Kier molecular flexibility index (Phi) is 4.71. The van der Waals surface area contributed by atoms with Gasteiger partial charge < -0.3 is 15.2 Å². The SMILES string of the molecule is COCC(CO)NC(=O)C(F)(F)F. The van der Waals surface area contributed by atoms with E-state index in [4.69, 9.17) is 5.11 Å². The number of hydrogen-bond donors (Lipinski definition) is 2. The highest BCUT2D eigenvalue weighted by Crippen LogP contribution is 2.14. The van der Waals surface area contributed by atoms with Crippen molar-refractivity contribution in [2.24, 2.45) is 0 Å². The molecule has 0 aliphatic heterocycles. The smallest absolute Gasteiger partial charge is 0.394 e. The van der Waals surface area contributed by atoms with Gasteiger partial charge in [0.2, 0.25) is 0 Å². The van der Waals surface area contributed by atoms with Crippen LogP contribution in [0.15, 0.2) is 0 Å². The van der Waals surface area contributed by atoms with E-state index < -0.39 is 24.7 Å². The van der Waals surface area contributed by atoms with E-state index in [0.29, 0.717) is 0 Å². The summed E-state index contributed by atoms with van der Waals surface area (Å²) in [5, 5.41) is 10.1. The van der Waals surface area contributed by atoms with Gasteiger partial charge in [-0.05, 0) is 0 Å². The lowest BCUT2D eigenvalue weighted by atomic mass is 10.3. The molecule has 1 amide bonds. The van der Waals surface area contributed by atoms with Gasteiger partial charge in [0.1, 0.15) is 0 Å². The van der Waals surface area contributed by atoms with E-state index in [1.807, 2.05) is 0 Å². The minimum atomic E-state index is -4.93. The van der Waals surface area contributed by atoms with Crippen LogP contribution in [0.3, 0.4) is 0 Å². The molecule has 0 radical (unpaired) electrons. The number of ether oxygens (including phenoxy) is 1. The normalized spacial score (nSPS) is 13.9. The van der Waals surface area contributed by atoms with E-state index in [9.17, 15) is 18.0 Å². The van der Waals surface area contributed by atoms with Crippen LogP contribution in [0.5, 0.6) is 0 Å². The number of aliphatic hydroxyl groups excluding tert-OH is 1. The van der Waals surface area contributed by atoms with E-state index in [0.717, 1.165) is 0 Å². The zero-order chi connectivity index (χ0) is 10.5. The Balaban J connectivity index is 4.01. The second kappa shape index (κ2) is 5.03. The largest absolute Gasteiger partial charge is 0.471 e. The quantitative estimate of drug-likeness (QED) is 0.655. The van der Waals surface area contributed by atoms with Gasteiger partial charge in [0.15, 0.2) is 0 Å². The van der Waals surface area contributed by atoms with Gasteiger partial charge in [-0.15, -0.1) is 0 Å². The zero-order valence-electron chi connectivity index (χ0n) is 6.89. The fraction of sp³-hybridized carbons (Fsp3) is 0.833. The van der Waals surface area contributed by atoms with E-state index in [2.05, 4.69) is 4.74 Å². The Bertz CT molecular complexity index is 171. The maximum absolute atomic E-state index is 11.7. The third-order valence-electron chi connectivity index (χ3n) is 1.18. The van der Waals surface area contributed by atoms with Gasteiger partial charge in [-0.25, -0.2) is 0 Å². The molecule has 13 heavy (non-hydrogen) atoms. The van der Waals surface area contributed by atoms with Crippen LogP contribution in [-0.4, -0.2) is 43.6 Å². The summed E-state index contributed by atoms with van der Waals surface area (Å²) in [5.41, 5.74) is 0. The fourth-order valence-electron chi connectivity index (χ4n) is 0.608. The maximum atomic E-state index is 11.7. The lowest BCUT2D eigenvalue weighted by Gasteiger charge is -2.15. The highest BCUT2D eigenvalue weighted by atomic mass is 19.4. The van der Waals surface area contributed by atoms with Crippen LogP contribution in [0.1, 0.15) is 0 Å². The van der Waals surface area contributed by atoms with E-state index in [1.165, 1.54) is 7.11 Å². The number of hydrogen-bond acceptors (Lipinski definition) is 3. The third-order valence-corrected chi connectivity index (χ3v) is 1.18. The summed E-state index contributed by atoms with van der Waals surface area (Å²) in [4.78, 5) is 10.3. The van der Waals surface area contributed by atoms with Crippen molar-refractivity contribution in [3.8, 4) is 0 Å². The molecule has 1 unspecified atom stereocenters. The first-order valence-electron chi connectivity index (χ1n) is 3.39. The lowest BCUT2D eigenvalue weighted by molar-refractivity contribution is -0.175. The van der Waals surface area contributed by atoms with Crippen LogP contribution in [-0.2, 0) is 9.53 Å². The summed E-state index contributed by atoms with van der Waals surface area (Å²) in [6.07, 6.45) is -4.93. The summed E-state index contributed by atoms with van der Waals surface area (Å²) < 4.78 is 39.4. The number of carbonyl (C=O) groups is 1. The van der Waals surface area contributed by atoms with Crippen LogP contribution in [0.25, 0.3) is 0 Å². The van der Waals surface area contributed by atoms with Gasteiger partial charge in [0, 0.05) is 7.11 Å². The van der Waals surface area contributed by atoms with Crippen LogP contribution in [0.4, 0.5) is 13.2 Å². The number of rotatable bonds is 4. The average Bonchev–Trinajstić information content (AvgIpc) is 2.01. The van der Waals surface area contributed by atoms with E-state index in [-0.39, 0.29) is 6.61 Å². The molecule has 0 aliphatic rings. The van der Waals surface area contributed by atoms with Gasteiger partial charge in [0.25, 0.3) is 0 Å². The Labute approximate surface area is 72.7 Å². The summed E-state index contributed by atoms with van der Waals surface area (Å²) in [6, 6.07) is -1.03. The van der Waals surface area contributed by atoms with Crippen molar-refractivity contribution in [1.82, 2.24) is 5.32 Å². The predicted molar refractivity (Wildman–Crippen MR) is 36.9 cm³/mol. The summed E-state index contributed by atoms with van der Waals surface area (Å²) in [5.74, 6) is -2.08. The van der Waals surface area contributed by atoms with Crippen LogP contribution in [0.2, 0.25) is 0 Å². The lowest BCUT2D eigenvalue weighted by Crippen LogP contribution is -2.46. The first kappa shape index (κ1) is 12.2. The van der Waals surface area contributed by atoms with Gasteiger partial charge in [-0.2, -0.15) is 13.2 Å². The molecule has 0 aromatic carbocycles. The molecule has 1 atom stereocenters. The van der Waals surface area contributed by atoms with Crippen molar-refractivity contribution in [3.05, 3.63) is 0 Å². The Morgan fingerprint density at radius 2 is 2.15 bits per heavy atom. The number of alkyl halides is 3. The van der Waals surface area contributed by atoms with E-state index >= 15 is 0 Å². The van der Waals surface area contributed by atoms with Crippen molar-refractivity contribution < 1.29 is 27.8 Å². The highest BCUT2D eigenvalue weighted by molar-refractivity contribution is 5.81. The molecule has 0 spiro atoms. The number of aliphatic hydroxyl groups is 1. The minimum absolute atomic E-state index is 0.168. The van der Waals surface area contributed by atoms with Gasteiger partial charge in [-0.1, -0.05) is 0 Å². The molecular formula is C6H10F3NO3.